The number of nitrogens with zero attached hydrogens (tertiary/aromatic N) is 1. The molecule has 0 saturated carbocycles. The standard InChI is InChI=1S/C21H21N3O7S3/c1-30-15-9-12(10-16(31-2)19(15)26)11-17-20(27)24(21(32)33-17)8-7-18(25)23-13-3-5-14(6-4-13)34(22,28)29/h3-6,9-11,26H,7-8H2,1-2H3,(H,23,25)(H2,22,28,29)/b17-11-. The van der Waals surface area contributed by atoms with E-state index in [9.17, 15) is 23.1 Å². The number of primary sulfonamides is 1. The van der Waals surface area contributed by atoms with E-state index in [0.29, 0.717) is 20.5 Å². The van der Waals surface area contributed by atoms with Crippen LogP contribution in [0.2, 0.25) is 0 Å². The Bertz CT molecular complexity index is 1250. The van der Waals surface area contributed by atoms with Gasteiger partial charge in [0.05, 0.1) is 24.0 Å². The zero-order valence-electron chi connectivity index (χ0n) is 18.1. The lowest BCUT2D eigenvalue weighted by Gasteiger charge is -2.14. The van der Waals surface area contributed by atoms with Crippen LogP contribution in [0.25, 0.3) is 6.08 Å². The molecule has 10 nitrogen and oxygen atoms in total. The fraction of sp³-hybridized carbons (Fsp3) is 0.190. The third-order valence-electron chi connectivity index (χ3n) is 4.70. The summed E-state index contributed by atoms with van der Waals surface area (Å²) in [5, 5.41) is 17.7. The highest BCUT2D eigenvalue weighted by Gasteiger charge is 2.32. The first-order valence-corrected chi connectivity index (χ1v) is 12.4. The van der Waals surface area contributed by atoms with Crippen molar-refractivity contribution < 1.29 is 32.6 Å². The Morgan fingerprint density at radius 2 is 1.79 bits per heavy atom. The number of ether oxygens (including phenoxy) is 2. The summed E-state index contributed by atoms with van der Waals surface area (Å²) in [6, 6.07) is 8.51. The number of amides is 2. The van der Waals surface area contributed by atoms with Gasteiger partial charge in [0.15, 0.2) is 11.5 Å². The van der Waals surface area contributed by atoms with Crippen molar-refractivity contribution in [1.82, 2.24) is 4.90 Å². The zero-order chi connectivity index (χ0) is 25.0. The number of nitrogens with one attached hydrogen (secondary N) is 1. The normalized spacial score (nSPS) is 15.0. The van der Waals surface area contributed by atoms with E-state index in [1.807, 2.05) is 0 Å². The fourth-order valence-corrected chi connectivity index (χ4v) is 4.83. The number of anilines is 1. The minimum Gasteiger partial charge on any atom is -0.502 e. The van der Waals surface area contributed by atoms with Gasteiger partial charge in [-0.3, -0.25) is 14.5 Å². The number of carbonyl (C=O) groups is 2. The Morgan fingerprint density at radius 1 is 1.21 bits per heavy atom. The molecule has 1 saturated heterocycles. The number of phenols is 1. The van der Waals surface area contributed by atoms with Crippen LogP contribution in [0, 0.1) is 0 Å². The summed E-state index contributed by atoms with van der Waals surface area (Å²) in [6.45, 7) is 0.0608. The third kappa shape index (κ3) is 5.86. The second-order valence-corrected chi connectivity index (χ2v) is 10.2. The fourth-order valence-electron chi connectivity index (χ4n) is 3.01. The molecule has 1 heterocycles. The Morgan fingerprint density at radius 3 is 2.32 bits per heavy atom. The highest BCUT2D eigenvalue weighted by molar-refractivity contribution is 8.26. The van der Waals surface area contributed by atoms with Crippen molar-refractivity contribution in [2.75, 3.05) is 26.1 Å². The van der Waals surface area contributed by atoms with Crippen molar-refractivity contribution in [2.45, 2.75) is 11.3 Å². The maximum Gasteiger partial charge on any atom is 0.266 e. The Kier molecular flexibility index (Phi) is 7.82. The van der Waals surface area contributed by atoms with Gasteiger partial charge in [-0.2, -0.15) is 0 Å². The van der Waals surface area contributed by atoms with Crippen LogP contribution >= 0.6 is 24.0 Å². The molecule has 2 aromatic carbocycles. The van der Waals surface area contributed by atoms with Gasteiger partial charge < -0.3 is 19.9 Å². The molecular formula is C21H21N3O7S3. The topological polar surface area (TPSA) is 148 Å². The Balaban J connectivity index is 1.65. The van der Waals surface area contributed by atoms with Crippen molar-refractivity contribution in [3.8, 4) is 17.2 Å². The lowest BCUT2D eigenvalue weighted by molar-refractivity contribution is -0.122. The number of carbonyl (C=O) groups excluding carboxylic acids is 2. The SMILES string of the molecule is COc1cc(/C=C2\SC(=S)N(CCC(=O)Nc3ccc(S(N)(=O)=O)cc3)C2=O)cc(OC)c1O. The number of sulfonamides is 1. The van der Waals surface area contributed by atoms with E-state index in [1.54, 1.807) is 18.2 Å². The summed E-state index contributed by atoms with van der Waals surface area (Å²) >= 11 is 6.39. The van der Waals surface area contributed by atoms with Gasteiger partial charge in [0.25, 0.3) is 5.91 Å². The monoisotopic (exact) mass is 523 g/mol. The van der Waals surface area contributed by atoms with E-state index < -0.39 is 10.0 Å². The molecule has 0 bridgehead atoms. The summed E-state index contributed by atoms with van der Waals surface area (Å²) in [4.78, 5) is 26.7. The minimum absolute atomic E-state index is 0.0302. The molecule has 0 spiro atoms. The van der Waals surface area contributed by atoms with Crippen LogP contribution in [0.1, 0.15) is 12.0 Å². The number of rotatable bonds is 8. The van der Waals surface area contributed by atoms with Crippen molar-refractivity contribution >= 4 is 61.9 Å². The maximum atomic E-state index is 12.8. The summed E-state index contributed by atoms with van der Waals surface area (Å²) in [5.41, 5.74) is 0.950. The zero-order valence-corrected chi connectivity index (χ0v) is 20.6. The number of phenolic OH excluding ortho intramolecular Hbond substituents is 1. The van der Waals surface area contributed by atoms with Gasteiger partial charge in [-0.25, -0.2) is 13.6 Å². The quantitative estimate of drug-likeness (QED) is 0.350. The van der Waals surface area contributed by atoms with Gasteiger partial charge in [-0.15, -0.1) is 0 Å². The molecule has 1 fully saturated rings. The summed E-state index contributed by atoms with van der Waals surface area (Å²) in [7, 11) is -1.02. The third-order valence-corrected chi connectivity index (χ3v) is 7.01. The van der Waals surface area contributed by atoms with Gasteiger partial charge >= 0.3 is 0 Å². The molecule has 2 aromatic rings. The maximum absolute atomic E-state index is 12.8. The number of hydrogen-bond donors (Lipinski definition) is 3. The van der Waals surface area contributed by atoms with Crippen molar-refractivity contribution in [1.29, 1.82) is 0 Å². The smallest absolute Gasteiger partial charge is 0.266 e. The van der Waals surface area contributed by atoms with Crippen molar-refractivity contribution in [3.05, 3.63) is 46.9 Å². The highest BCUT2D eigenvalue weighted by atomic mass is 32.2. The molecule has 1 aliphatic rings. The van der Waals surface area contributed by atoms with E-state index in [1.165, 1.54) is 43.4 Å². The lowest BCUT2D eigenvalue weighted by Crippen LogP contribution is -2.31. The molecule has 4 N–H and O–H groups in total. The predicted molar refractivity (Wildman–Crippen MR) is 132 cm³/mol. The van der Waals surface area contributed by atoms with Gasteiger partial charge in [0.1, 0.15) is 4.32 Å². The van der Waals surface area contributed by atoms with Gasteiger partial charge in [0, 0.05) is 18.7 Å². The number of thioether (sulfide) groups is 1. The Hall–Kier alpha value is -3.13. The molecule has 0 atom stereocenters. The van der Waals surface area contributed by atoms with Crippen LogP contribution in [0.4, 0.5) is 5.69 Å². The molecule has 0 aliphatic carbocycles. The van der Waals surface area contributed by atoms with Crippen LogP contribution in [0.3, 0.4) is 0 Å². The largest absolute Gasteiger partial charge is 0.502 e. The molecule has 0 unspecified atom stereocenters. The lowest BCUT2D eigenvalue weighted by atomic mass is 10.1. The number of nitrogens with two attached hydrogens (primary N) is 1. The number of aromatic hydroxyl groups is 1. The average Bonchev–Trinajstić information content (AvgIpc) is 3.05. The highest BCUT2D eigenvalue weighted by Crippen LogP contribution is 2.39. The van der Waals surface area contributed by atoms with E-state index in [4.69, 9.17) is 26.8 Å². The van der Waals surface area contributed by atoms with E-state index in [2.05, 4.69) is 5.32 Å². The Labute approximate surface area is 205 Å². The molecule has 0 aromatic heterocycles. The number of hydrogen-bond acceptors (Lipinski definition) is 9. The second kappa shape index (κ2) is 10.4. The van der Waals surface area contributed by atoms with Crippen molar-refractivity contribution in [2.24, 2.45) is 5.14 Å². The molecule has 3 rings (SSSR count). The first-order valence-electron chi connectivity index (χ1n) is 9.66. The molecule has 180 valence electrons. The second-order valence-electron chi connectivity index (χ2n) is 6.97. The molecule has 13 heteroatoms. The molecular weight excluding hydrogens is 502 g/mol. The summed E-state index contributed by atoms with van der Waals surface area (Å²) < 4.78 is 33.2. The van der Waals surface area contributed by atoms with Crippen LogP contribution in [-0.2, 0) is 19.6 Å². The first kappa shape index (κ1) is 25.5. The van der Waals surface area contributed by atoms with Gasteiger partial charge in [-0.05, 0) is 48.0 Å². The van der Waals surface area contributed by atoms with Crippen LogP contribution in [-0.4, -0.2) is 55.3 Å². The van der Waals surface area contributed by atoms with Crippen LogP contribution < -0.4 is 19.9 Å². The number of benzene rings is 2. The van der Waals surface area contributed by atoms with Crippen molar-refractivity contribution in [3.63, 3.8) is 0 Å². The summed E-state index contributed by atoms with van der Waals surface area (Å²) in [6.07, 6.45) is 1.56. The average molecular weight is 524 g/mol. The van der Waals surface area contributed by atoms with E-state index in [-0.39, 0.29) is 46.9 Å². The van der Waals surface area contributed by atoms with Gasteiger partial charge in [0.2, 0.25) is 21.7 Å². The minimum atomic E-state index is -3.82. The van der Waals surface area contributed by atoms with Crippen LogP contribution in [0.5, 0.6) is 17.2 Å². The molecule has 34 heavy (non-hydrogen) atoms. The molecule has 0 radical (unpaired) electrons. The van der Waals surface area contributed by atoms with E-state index in [0.717, 1.165) is 11.8 Å². The summed E-state index contributed by atoms with van der Waals surface area (Å²) in [5.74, 6) is -0.509. The molecule has 1 aliphatic heterocycles. The predicted octanol–water partition coefficient (Wildman–Crippen LogP) is 2.29. The first-order chi connectivity index (χ1) is 16.0. The number of thiocarbonyl (C=S) groups is 1. The van der Waals surface area contributed by atoms with Gasteiger partial charge in [-0.1, -0.05) is 24.0 Å². The van der Waals surface area contributed by atoms with E-state index >= 15 is 0 Å². The van der Waals surface area contributed by atoms with Crippen LogP contribution in [0.15, 0.2) is 46.2 Å². The molecule has 2 amide bonds. The number of methoxy groups -OCH3 is 2.